The molecule has 3 nitrogen and oxygen atoms in total. The lowest BCUT2D eigenvalue weighted by molar-refractivity contribution is 0.562. The number of halogens is 1. The summed E-state index contributed by atoms with van der Waals surface area (Å²) in [4.78, 5) is 1.39. The van der Waals surface area contributed by atoms with Crippen molar-refractivity contribution in [2.45, 2.75) is 10.3 Å². The normalized spacial score (nSPS) is 29.5. The van der Waals surface area contributed by atoms with Gasteiger partial charge in [0, 0.05) is 36.3 Å². The fourth-order valence-corrected chi connectivity index (χ4v) is 3.92. The number of thiol groups is 1. The molecule has 0 saturated carbocycles. The van der Waals surface area contributed by atoms with Crippen molar-refractivity contribution in [2.24, 2.45) is 4.40 Å². The summed E-state index contributed by atoms with van der Waals surface area (Å²) in [6.45, 7) is 4.19. The summed E-state index contributed by atoms with van der Waals surface area (Å²) in [5, 5.41) is 7.18. The molecule has 2 unspecified atom stereocenters. The molecule has 3 rings (SSSR count). The molecule has 1 aromatic carbocycles. The zero-order chi connectivity index (χ0) is 10.1. The Morgan fingerprint density at radius 3 is 2.94 bits per heavy atom. The van der Waals surface area contributed by atoms with Crippen molar-refractivity contribution in [3.63, 3.8) is 0 Å². The Balaban J connectivity index is 0.000000963. The van der Waals surface area contributed by atoms with Crippen LogP contribution in [0.15, 0.2) is 33.6 Å². The van der Waals surface area contributed by atoms with E-state index in [9.17, 15) is 0 Å². The van der Waals surface area contributed by atoms with E-state index in [-0.39, 0.29) is 12.4 Å². The molecule has 1 radical (unpaired) electrons. The van der Waals surface area contributed by atoms with Gasteiger partial charge in [0.15, 0.2) is 0 Å². The fourth-order valence-electron chi connectivity index (χ4n) is 1.92. The molecule has 1 saturated heterocycles. The standard InChI is InChI=1S/C11H14N3S.ClH/c1-2-4-10-9(3-1)7-14-15(10)11-8-12-5-6-13-11;/h1-4,7-8,11-13,15H,5-6H2;1H. The van der Waals surface area contributed by atoms with Gasteiger partial charge in [0.2, 0.25) is 0 Å². The molecular weight excluding hydrogens is 242 g/mol. The predicted octanol–water partition coefficient (Wildman–Crippen LogP) is 1.50. The second kappa shape index (κ2) is 5.19. The van der Waals surface area contributed by atoms with Crippen molar-refractivity contribution in [3.8, 4) is 0 Å². The SMILES string of the molecule is Cl.[CH]1NCCNC1[SH]1N=Cc2ccccc21. The number of rotatable bonds is 1. The molecule has 2 N–H and O–H groups in total. The molecule has 0 aliphatic carbocycles. The molecule has 1 aromatic rings. The number of piperazine rings is 1. The minimum atomic E-state index is -0.439. The van der Waals surface area contributed by atoms with Crippen LogP contribution < -0.4 is 10.6 Å². The molecule has 0 spiro atoms. The molecule has 0 aromatic heterocycles. The van der Waals surface area contributed by atoms with Crippen LogP contribution in [0, 0.1) is 6.54 Å². The number of hydrogen-bond acceptors (Lipinski definition) is 3. The highest BCUT2D eigenvalue weighted by molar-refractivity contribution is 8.17. The lowest BCUT2D eigenvalue weighted by Gasteiger charge is -2.30. The number of hydrogen-bond donors (Lipinski definition) is 3. The van der Waals surface area contributed by atoms with Gasteiger partial charge in [-0.05, 0) is 6.07 Å². The summed E-state index contributed by atoms with van der Waals surface area (Å²) >= 11 is -0.439. The van der Waals surface area contributed by atoms with Gasteiger partial charge in [0.1, 0.15) is 0 Å². The summed E-state index contributed by atoms with van der Waals surface area (Å²) in [6.07, 6.45) is 2.01. The monoisotopic (exact) mass is 256 g/mol. The predicted molar refractivity (Wildman–Crippen MR) is 72.6 cm³/mol. The van der Waals surface area contributed by atoms with Crippen LogP contribution in [-0.2, 0) is 0 Å². The van der Waals surface area contributed by atoms with Gasteiger partial charge in [-0.25, -0.2) is 4.40 Å². The molecule has 1 fully saturated rings. The summed E-state index contributed by atoms with van der Waals surface area (Å²) in [5.41, 5.74) is 1.28. The van der Waals surface area contributed by atoms with E-state index in [1.165, 1.54) is 10.5 Å². The number of fused-ring (bicyclic) bond motifs is 1. The third kappa shape index (κ3) is 2.11. The van der Waals surface area contributed by atoms with Gasteiger partial charge in [-0.1, -0.05) is 18.2 Å². The number of nitrogens with zero attached hydrogens (tertiary/aromatic N) is 1. The van der Waals surface area contributed by atoms with Crippen LogP contribution in [0.1, 0.15) is 5.56 Å². The van der Waals surface area contributed by atoms with Crippen molar-refractivity contribution in [1.82, 2.24) is 10.6 Å². The van der Waals surface area contributed by atoms with Crippen molar-refractivity contribution in [1.29, 1.82) is 0 Å². The topological polar surface area (TPSA) is 36.4 Å². The summed E-state index contributed by atoms with van der Waals surface area (Å²) in [5.74, 6) is 0. The van der Waals surface area contributed by atoms with Gasteiger partial charge < -0.3 is 10.6 Å². The molecule has 2 heterocycles. The van der Waals surface area contributed by atoms with Crippen LogP contribution in [0.2, 0.25) is 0 Å². The number of benzene rings is 1. The third-order valence-electron chi connectivity index (χ3n) is 2.67. The number of nitrogens with one attached hydrogen (secondary N) is 2. The largest absolute Gasteiger partial charge is 0.309 e. The molecule has 2 aliphatic heterocycles. The first-order valence-electron chi connectivity index (χ1n) is 5.17. The zero-order valence-electron chi connectivity index (χ0n) is 8.76. The van der Waals surface area contributed by atoms with E-state index in [4.69, 9.17) is 0 Å². The van der Waals surface area contributed by atoms with E-state index in [0.29, 0.717) is 5.37 Å². The highest BCUT2D eigenvalue weighted by atomic mass is 35.5. The van der Waals surface area contributed by atoms with Gasteiger partial charge in [0.25, 0.3) is 0 Å². The summed E-state index contributed by atoms with van der Waals surface area (Å²) in [6, 6.07) is 8.49. The molecule has 2 aliphatic rings. The Kier molecular flexibility index (Phi) is 3.86. The minimum absolute atomic E-state index is 0. The molecule has 16 heavy (non-hydrogen) atoms. The van der Waals surface area contributed by atoms with Gasteiger partial charge in [-0.3, -0.25) is 0 Å². The van der Waals surface area contributed by atoms with Gasteiger partial charge in [0.05, 0.1) is 5.37 Å². The summed E-state index contributed by atoms with van der Waals surface area (Å²) < 4.78 is 4.63. The quantitative estimate of drug-likeness (QED) is 0.666. The maximum atomic E-state index is 4.63. The first-order valence-corrected chi connectivity index (χ1v) is 6.54. The fraction of sp³-hybridized carbons (Fsp3) is 0.273. The summed E-state index contributed by atoms with van der Waals surface area (Å²) in [7, 11) is 0. The van der Waals surface area contributed by atoms with Crippen LogP contribution >= 0.6 is 23.5 Å². The lowest BCUT2D eigenvalue weighted by atomic mass is 10.2. The Morgan fingerprint density at radius 1 is 1.25 bits per heavy atom. The molecule has 5 heteroatoms. The lowest BCUT2D eigenvalue weighted by Crippen LogP contribution is -2.44. The van der Waals surface area contributed by atoms with E-state index in [2.05, 4.69) is 45.8 Å². The van der Waals surface area contributed by atoms with E-state index in [0.717, 1.165) is 13.1 Å². The van der Waals surface area contributed by atoms with Gasteiger partial charge in [-0.2, -0.15) is 0 Å². The van der Waals surface area contributed by atoms with Crippen molar-refractivity contribution >= 4 is 29.7 Å². The maximum Gasteiger partial charge on any atom is 0.0740 e. The minimum Gasteiger partial charge on any atom is -0.309 e. The van der Waals surface area contributed by atoms with E-state index in [1.54, 1.807) is 0 Å². The Hall–Kier alpha value is -0.550. The van der Waals surface area contributed by atoms with Crippen molar-refractivity contribution in [2.75, 3.05) is 13.1 Å². The first-order chi connectivity index (χ1) is 7.45. The van der Waals surface area contributed by atoms with Gasteiger partial charge in [-0.15, -0.1) is 23.5 Å². The average molecular weight is 257 g/mol. The van der Waals surface area contributed by atoms with Crippen molar-refractivity contribution in [3.05, 3.63) is 36.4 Å². The van der Waals surface area contributed by atoms with E-state index in [1.807, 2.05) is 6.21 Å². The van der Waals surface area contributed by atoms with Crippen LogP contribution in [0.25, 0.3) is 0 Å². The van der Waals surface area contributed by atoms with Crippen LogP contribution in [0.3, 0.4) is 0 Å². The molecule has 2 atom stereocenters. The van der Waals surface area contributed by atoms with Crippen LogP contribution in [-0.4, -0.2) is 24.7 Å². The van der Waals surface area contributed by atoms with Crippen molar-refractivity contribution < 1.29 is 0 Å². The third-order valence-corrected chi connectivity index (χ3v) is 4.79. The Morgan fingerprint density at radius 2 is 2.12 bits per heavy atom. The molecule has 0 bridgehead atoms. The van der Waals surface area contributed by atoms with Crippen LogP contribution in [0.4, 0.5) is 0 Å². The zero-order valence-corrected chi connectivity index (χ0v) is 10.5. The Bertz CT molecular complexity index is 391. The maximum absolute atomic E-state index is 4.63. The average Bonchev–Trinajstić information content (AvgIpc) is 2.74. The second-order valence-corrected chi connectivity index (χ2v) is 5.63. The highest BCUT2D eigenvalue weighted by Crippen LogP contribution is 2.47. The van der Waals surface area contributed by atoms with Gasteiger partial charge >= 0.3 is 0 Å². The smallest absolute Gasteiger partial charge is 0.0740 e. The second-order valence-electron chi connectivity index (χ2n) is 3.67. The van der Waals surface area contributed by atoms with E-state index >= 15 is 0 Å². The molecule has 0 amide bonds. The van der Waals surface area contributed by atoms with Crippen LogP contribution in [0.5, 0.6) is 0 Å². The highest BCUT2D eigenvalue weighted by Gasteiger charge is 2.25. The Labute approximate surface area is 105 Å². The molecular formula is C11H15ClN3S. The first kappa shape index (κ1) is 11.9. The molecule has 87 valence electrons. The van der Waals surface area contributed by atoms with E-state index < -0.39 is 11.1 Å².